The molecule has 0 bridgehead atoms. The molecule has 0 saturated carbocycles. The average molecular weight is 151 g/mol. The topological polar surface area (TPSA) is 75.8 Å². The van der Waals surface area contributed by atoms with E-state index in [1.54, 1.807) is 0 Å². The molecule has 4 nitrogen and oxygen atoms in total. The van der Waals surface area contributed by atoms with Crippen molar-refractivity contribution >= 4 is 5.88 Å². The van der Waals surface area contributed by atoms with Crippen LogP contribution in [0.25, 0.3) is 0 Å². The molecule has 0 unspecified atom stereocenters. The van der Waals surface area contributed by atoms with Gasteiger partial charge in [0.1, 0.15) is 6.07 Å². The largest absolute Gasteiger partial charge is 0.424 e. The van der Waals surface area contributed by atoms with Crippen molar-refractivity contribution in [2.24, 2.45) is 0 Å². The second kappa shape index (κ2) is 2.62. The van der Waals surface area contributed by atoms with Gasteiger partial charge in [-0.15, -0.1) is 0 Å². The normalized spacial score (nSPS) is 10.0. The van der Waals surface area contributed by atoms with Crippen LogP contribution in [0.5, 0.6) is 0 Å². The molecule has 0 fully saturated rings. The summed E-state index contributed by atoms with van der Waals surface area (Å²) in [6.07, 6.45) is 0. The number of nitriles is 1. The van der Waals surface area contributed by atoms with Crippen molar-refractivity contribution < 1.29 is 4.42 Å². The van der Waals surface area contributed by atoms with Crippen LogP contribution in [0.1, 0.15) is 31.4 Å². The van der Waals surface area contributed by atoms with Gasteiger partial charge in [-0.2, -0.15) is 5.26 Å². The number of nitrogen functional groups attached to an aromatic ring is 1. The number of aromatic nitrogens is 1. The Balaban J connectivity index is 3.07. The Bertz CT molecular complexity index is 295. The summed E-state index contributed by atoms with van der Waals surface area (Å²) >= 11 is 0. The summed E-state index contributed by atoms with van der Waals surface area (Å²) in [7, 11) is 0. The minimum atomic E-state index is 0.108. The molecule has 0 aliphatic heterocycles. The van der Waals surface area contributed by atoms with Crippen molar-refractivity contribution in [2.75, 3.05) is 5.73 Å². The third-order valence-electron chi connectivity index (χ3n) is 1.27. The highest BCUT2D eigenvalue weighted by Crippen LogP contribution is 2.18. The first-order valence-corrected chi connectivity index (χ1v) is 3.31. The van der Waals surface area contributed by atoms with Crippen molar-refractivity contribution in [1.29, 1.82) is 5.26 Å². The van der Waals surface area contributed by atoms with Crippen molar-refractivity contribution in [1.82, 2.24) is 4.98 Å². The highest BCUT2D eigenvalue weighted by atomic mass is 16.4. The monoisotopic (exact) mass is 151 g/mol. The first-order valence-electron chi connectivity index (χ1n) is 3.31. The molecule has 0 aromatic carbocycles. The maximum absolute atomic E-state index is 8.46. The predicted octanol–water partition coefficient (Wildman–Crippen LogP) is 1.25. The van der Waals surface area contributed by atoms with Gasteiger partial charge < -0.3 is 10.2 Å². The summed E-state index contributed by atoms with van der Waals surface area (Å²) < 4.78 is 5.01. The van der Waals surface area contributed by atoms with Crippen LogP contribution in [0, 0.1) is 11.3 Å². The quantitative estimate of drug-likeness (QED) is 0.655. The summed E-state index contributed by atoms with van der Waals surface area (Å²) in [4.78, 5) is 3.88. The van der Waals surface area contributed by atoms with Crippen molar-refractivity contribution in [3.05, 3.63) is 11.6 Å². The van der Waals surface area contributed by atoms with Crippen LogP contribution in [0.2, 0.25) is 0 Å². The first-order chi connectivity index (χ1) is 5.15. The van der Waals surface area contributed by atoms with Gasteiger partial charge in [-0.25, -0.2) is 4.98 Å². The standard InChI is InChI=1S/C7H9N3O/c1-4(2)7-10-5(3-8)6(9)11-7/h4H,9H2,1-2H3. The average Bonchev–Trinajstić information content (AvgIpc) is 2.31. The molecule has 2 N–H and O–H groups in total. The molecule has 4 heteroatoms. The molecule has 11 heavy (non-hydrogen) atoms. The summed E-state index contributed by atoms with van der Waals surface area (Å²) in [5.41, 5.74) is 5.51. The summed E-state index contributed by atoms with van der Waals surface area (Å²) in [5.74, 6) is 0.787. The van der Waals surface area contributed by atoms with Gasteiger partial charge in [0.15, 0.2) is 0 Å². The van der Waals surface area contributed by atoms with E-state index in [0.29, 0.717) is 5.89 Å². The highest BCUT2D eigenvalue weighted by molar-refractivity contribution is 5.40. The molecule has 0 amide bonds. The molecule has 0 radical (unpaired) electrons. The van der Waals surface area contributed by atoms with E-state index in [1.807, 2.05) is 19.9 Å². The van der Waals surface area contributed by atoms with Gasteiger partial charge in [-0.3, -0.25) is 0 Å². The molecular formula is C7H9N3O. The maximum Gasteiger partial charge on any atom is 0.229 e. The van der Waals surface area contributed by atoms with Gasteiger partial charge >= 0.3 is 0 Å². The molecule has 1 rings (SSSR count). The summed E-state index contributed by atoms with van der Waals surface area (Å²) in [5, 5.41) is 8.46. The third kappa shape index (κ3) is 1.32. The molecule has 0 saturated heterocycles. The smallest absolute Gasteiger partial charge is 0.229 e. The Morgan fingerprint density at radius 2 is 2.27 bits per heavy atom. The molecule has 0 aliphatic carbocycles. The number of hydrogen-bond acceptors (Lipinski definition) is 4. The molecule has 0 atom stereocenters. The van der Waals surface area contributed by atoms with Crippen LogP contribution in [-0.4, -0.2) is 4.98 Å². The fourth-order valence-electron chi connectivity index (χ4n) is 0.676. The molecule has 0 aliphatic rings. The number of rotatable bonds is 1. The molecule has 1 aromatic rings. The molecule has 1 heterocycles. The second-order valence-corrected chi connectivity index (χ2v) is 2.53. The second-order valence-electron chi connectivity index (χ2n) is 2.53. The fourth-order valence-corrected chi connectivity index (χ4v) is 0.676. The van der Waals surface area contributed by atoms with Crippen molar-refractivity contribution in [3.8, 4) is 6.07 Å². The Kier molecular flexibility index (Phi) is 1.81. The molecular weight excluding hydrogens is 142 g/mol. The van der Waals surface area contributed by atoms with E-state index in [0.717, 1.165) is 0 Å². The minimum absolute atomic E-state index is 0.108. The maximum atomic E-state index is 8.46. The van der Waals surface area contributed by atoms with E-state index in [-0.39, 0.29) is 17.5 Å². The van der Waals surface area contributed by atoms with E-state index < -0.39 is 0 Å². The number of nitrogens with zero attached hydrogens (tertiary/aromatic N) is 2. The van der Waals surface area contributed by atoms with Crippen LogP contribution in [0.4, 0.5) is 5.88 Å². The third-order valence-corrected chi connectivity index (χ3v) is 1.27. The number of oxazole rings is 1. The van der Waals surface area contributed by atoms with E-state index >= 15 is 0 Å². The van der Waals surface area contributed by atoms with Gasteiger partial charge in [0.2, 0.25) is 17.5 Å². The lowest BCUT2D eigenvalue weighted by Gasteiger charge is -1.93. The van der Waals surface area contributed by atoms with Crippen molar-refractivity contribution in [3.63, 3.8) is 0 Å². The highest BCUT2D eigenvalue weighted by Gasteiger charge is 2.11. The van der Waals surface area contributed by atoms with Gasteiger partial charge in [-0.05, 0) is 0 Å². The van der Waals surface area contributed by atoms with Crippen molar-refractivity contribution in [2.45, 2.75) is 19.8 Å². The summed E-state index contributed by atoms with van der Waals surface area (Å²) in [6.45, 7) is 3.85. The zero-order valence-electron chi connectivity index (χ0n) is 6.46. The lowest BCUT2D eigenvalue weighted by Crippen LogP contribution is -1.86. The van der Waals surface area contributed by atoms with Gasteiger partial charge in [0, 0.05) is 5.92 Å². The van der Waals surface area contributed by atoms with Crippen LogP contribution in [-0.2, 0) is 0 Å². The Morgan fingerprint density at radius 3 is 2.55 bits per heavy atom. The fraction of sp³-hybridized carbons (Fsp3) is 0.429. The summed E-state index contributed by atoms with van der Waals surface area (Å²) in [6, 6.07) is 1.84. The predicted molar refractivity (Wildman–Crippen MR) is 39.7 cm³/mol. The molecule has 1 aromatic heterocycles. The van der Waals surface area contributed by atoms with E-state index in [4.69, 9.17) is 15.4 Å². The molecule has 0 spiro atoms. The lowest BCUT2D eigenvalue weighted by atomic mass is 10.2. The zero-order valence-corrected chi connectivity index (χ0v) is 6.46. The van der Waals surface area contributed by atoms with Crippen LogP contribution in [0.3, 0.4) is 0 Å². The minimum Gasteiger partial charge on any atom is -0.424 e. The zero-order chi connectivity index (χ0) is 8.43. The number of hydrogen-bond donors (Lipinski definition) is 1. The number of anilines is 1. The Labute approximate surface area is 64.6 Å². The van der Waals surface area contributed by atoms with Gasteiger partial charge in [0.05, 0.1) is 0 Å². The molecule has 58 valence electrons. The Hall–Kier alpha value is -1.50. The Morgan fingerprint density at radius 1 is 1.64 bits per heavy atom. The van der Waals surface area contributed by atoms with Crippen LogP contribution < -0.4 is 5.73 Å². The number of nitrogens with two attached hydrogens (primary N) is 1. The van der Waals surface area contributed by atoms with Crippen LogP contribution >= 0.6 is 0 Å². The van der Waals surface area contributed by atoms with E-state index in [2.05, 4.69) is 4.98 Å². The van der Waals surface area contributed by atoms with E-state index in [9.17, 15) is 0 Å². The van der Waals surface area contributed by atoms with E-state index in [1.165, 1.54) is 0 Å². The first kappa shape index (κ1) is 7.61. The van der Waals surface area contributed by atoms with Gasteiger partial charge in [0.25, 0.3) is 0 Å². The van der Waals surface area contributed by atoms with Gasteiger partial charge in [-0.1, -0.05) is 13.8 Å². The SMILES string of the molecule is CC(C)c1nc(C#N)c(N)o1. The van der Waals surface area contributed by atoms with Crippen LogP contribution in [0.15, 0.2) is 4.42 Å². The lowest BCUT2D eigenvalue weighted by molar-refractivity contribution is 0.485.